The lowest BCUT2D eigenvalue weighted by molar-refractivity contribution is 0.161. The van der Waals surface area contributed by atoms with Gasteiger partial charge in [0.1, 0.15) is 0 Å². The van der Waals surface area contributed by atoms with Crippen molar-refractivity contribution in [3.05, 3.63) is 17.5 Å². The van der Waals surface area contributed by atoms with Crippen LogP contribution >= 0.6 is 0 Å². The Morgan fingerprint density at radius 2 is 2.11 bits per heavy atom. The van der Waals surface area contributed by atoms with Crippen LogP contribution in [-0.2, 0) is 19.0 Å². The van der Waals surface area contributed by atoms with E-state index in [1.807, 2.05) is 11.7 Å². The molecule has 2 unspecified atom stereocenters. The molecule has 1 aliphatic heterocycles. The third-order valence-electron chi connectivity index (χ3n) is 4.11. The molecule has 2 heterocycles. The minimum Gasteiger partial charge on any atom is -0.326 e. The zero-order valence-corrected chi connectivity index (χ0v) is 13.0. The number of likely N-dealkylation sites (tertiary alicyclic amines) is 1. The minimum atomic E-state index is 0.0990. The van der Waals surface area contributed by atoms with Gasteiger partial charge in [-0.05, 0) is 18.9 Å². The van der Waals surface area contributed by atoms with Crippen molar-refractivity contribution in [3.63, 3.8) is 0 Å². The van der Waals surface area contributed by atoms with Crippen LogP contribution in [0.2, 0.25) is 0 Å². The Morgan fingerprint density at radius 3 is 2.68 bits per heavy atom. The molecule has 2 rings (SSSR count). The van der Waals surface area contributed by atoms with E-state index in [2.05, 4.69) is 43.9 Å². The van der Waals surface area contributed by atoms with Crippen molar-refractivity contribution >= 4 is 0 Å². The van der Waals surface area contributed by atoms with Gasteiger partial charge in [0.15, 0.2) is 0 Å². The van der Waals surface area contributed by atoms with E-state index in [0.717, 1.165) is 19.6 Å². The predicted molar refractivity (Wildman–Crippen MR) is 78.9 cm³/mol. The summed E-state index contributed by atoms with van der Waals surface area (Å²) < 4.78 is 1.93. The highest BCUT2D eigenvalue weighted by Crippen LogP contribution is 2.26. The number of nitrogens with two attached hydrogens (primary N) is 1. The number of hydrogen-bond donors (Lipinski definition) is 1. The largest absolute Gasteiger partial charge is 0.326 e. The van der Waals surface area contributed by atoms with Crippen LogP contribution in [0.4, 0.5) is 0 Å². The summed E-state index contributed by atoms with van der Waals surface area (Å²) in [6, 6.07) is 0.309. The summed E-state index contributed by atoms with van der Waals surface area (Å²) in [5.74, 6) is 0.646. The molecule has 1 aromatic rings. The highest BCUT2D eigenvalue weighted by Gasteiger charge is 2.26. The number of rotatable bonds is 2. The van der Waals surface area contributed by atoms with Crippen molar-refractivity contribution in [2.45, 2.75) is 52.1 Å². The number of aromatic nitrogens is 2. The second-order valence-electron chi connectivity index (χ2n) is 7.09. The molecule has 0 spiro atoms. The van der Waals surface area contributed by atoms with Gasteiger partial charge in [0.25, 0.3) is 0 Å². The van der Waals surface area contributed by atoms with Gasteiger partial charge in [0.2, 0.25) is 0 Å². The molecule has 108 valence electrons. The first-order valence-electron chi connectivity index (χ1n) is 7.28. The van der Waals surface area contributed by atoms with Crippen LogP contribution in [0.25, 0.3) is 0 Å². The van der Waals surface area contributed by atoms with Gasteiger partial charge < -0.3 is 5.73 Å². The maximum Gasteiger partial charge on any atom is 0.0722 e. The van der Waals surface area contributed by atoms with Crippen LogP contribution in [0.1, 0.15) is 45.4 Å². The number of piperidine rings is 1. The van der Waals surface area contributed by atoms with E-state index in [4.69, 9.17) is 5.73 Å². The first-order chi connectivity index (χ1) is 8.77. The van der Waals surface area contributed by atoms with E-state index in [-0.39, 0.29) is 5.41 Å². The third-order valence-corrected chi connectivity index (χ3v) is 4.11. The summed E-state index contributed by atoms with van der Waals surface area (Å²) in [6.45, 7) is 12.1. The van der Waals surface area contributed by atoms with Gasteiger partial charge in [-0.25, -0.2) is 0 Å². The molecule has 0 radical (unpaired) electrons. The van der Waals surface area contributed by atoms with Crippen molar-refractivity contribution in [1.82, 2.24) is 14.7 Å². The van der Waals surface area contributed by atoms with Gasteiger partial charge in [-0.2, -0.15) is 5.10 Å². The molecule has 1 aliphatic rings. The smallest absolute Gasteiger partial charge is 0.0722 e. The first kappa shape index (κ1) is 14.5. The monoisotopic (exact) mass is 264 g/mol. The van der Waals surface area contributed by atoms with Crippen molar-refractivity contribution in [1.29, 1.82) is 0 Å². The SMILES string of the molecule is CC1CCN(Cc2cn(C)nc2C(C)(C)C)CC1N. The summed E-state index contributed by atoms with van der Waals surface area (Å²) in [5.41, 5.74) is 8.84. The molecule has 1 aromatic heterocycles. The highest BCUT2D eigenvalue weighted by molar-refractivity contribution is 5.24. The average molecular weight is 264 g/mol. The molecule has 0 aromatic carbocycles. The summed E-state index contributed by atoms with van der Waals surface area (Å²) in [6.07, 6.45) is 3.36. The molecule has 0 saturated carbocycles. The Hall–Kier alpha value is -0.870. The lowest BCUT2D eigenvalue weighted by Gasteiger charge is -2.35. The molecule has 4 nitrogen and oxygen atoms in total. The first-order valence-corrected chi connectivity index (χ1v) is 7.28. The molecule has 1 fully saturated rings. The van der Waals surface area contributed by atoms with Crippen molar-refractivity contribution in [3.8, 4) is 0 Å². The Labute approximate surface area is 117 Å². The topological polar surface area (TPSA) is 47.1 Å². The molecule has 0 amide bonds. The molecule has 4 heteroatoms. The average Bonchev–Trinajstić information content (AvgIpc) is 2.65. The summed E-state index contributed by atoms with van der Waals surface area (Å²) >= 11 is 0. The zero-order valence-electron chi connectivity index (χ0n) is 13.0. The van der Waals surface area contributed by atoms with E-state index >= 15 is 0 Å². The van der Waals surface area contributed by atoms with Crippen LogP contribution in [0.3, 0.4) is 0 Å². The van der Waals surface area contributed by atoms with Crippen molar-refractivity contribution in [2.24, 2.45) is 18.7 Å². The molecule has 19 heavy (non-hydrogen) atoms. The van der Waals surface area contributed by atoms with E-state index in [0.29, 0.717) is 12.0 Å². The Bertz CT molecular complexity index is 430. The van der Waals surface area contributed by atoms with Gasteiger partial charge in [0, 0.05) is 43.4 Å². The lowest BCUT2D eigenvalue weighted by atomic mass is 9.89. The Balaban J connectivity index is 2.11. The van der Waals surface area contributed by atoms with Crippen LogP contribution in [-0.4, -0.2) is 33.8 Å². The van der Waals surface area contributed by atoms with Gasteiger partial charge in [-0.3, -0.25) is 9.58 Å². The zero-order chi connectivity index (χ0) is 14.2. The number of hydrogen-bond acceptors (Lipinski definition) is 3. The van der Waals surface area contributed by atoms with Gasteiger partial charge in [-0.1, -0.05) is 27.7 Å². The van der Waals surface area contributed by atoms with E-state index < -0.39 is 0 Å². The molecule has 1 saturated heterocycles. The highest BCUT2D eigenvalue weighted by atomic mass is 15.3. The van der Waals surface area contributed by atoms with E-state index in [1.165, 1.54) is 17.7 Å². The van der Waals surface area contributed by atoms with Gasteiger partial charge in [-0.15, -0.1) is 0 Å². The Morgan fingerprint density at radius 1 is 1.42 bits per heavy atom. The fourth-order valence-corrected chi connectivity index (χ4v) is 2.84. The van der Waals surface area contributed by atoms with Gasteiger partial charge in [0.05, 0.1) is 5.69 Å². The van der Waals surface area contributed by atoms with Crippen LogP contribution < -0.4 is 5.73 Å². The molecular weight excluding hydrogens is 236 g/mol. The summed E-state index contributed by atoms with van der Waals surface area (Å²) in [4.78, 5) is 2.47. The van der Waals surface area contributed by atoms with E-state index in [9.17, 15) is 0 Å². The quantitative estimate of drug-likeness (QED) is 0.887. The maximum atomic E-state index is 6.19. The summed E-state index contributed by atoms with van der Waals surface area (Å²) in [7, 11) is 2.00. The van der Waals surface area contributed by atoms with Crippen molar-refractivity contribution in [2.75, 3.05) is 13.1 Å². The van der Waals surface area contributed by atoms with Crippen LogP contribution in [0.5, 0.6) is 0 Å². The molecular formula is C15H28N4. The number of aryl methyl sites for hydroxylation is 1. The molecule has 2 atom stereocenters. The fourth-order valence-electron chi connectivity index (χ4n) is 2.84. The lowest BCUT2D eigenvalue weighted by Crippen LogP contribution is -2.47. The second-order valence-corrected chi connectivity index (χ2v) is 7.09. The van der Waals surface area contributed by atoms with Gasteiger partial charge >= 0.3 is 0 Å². The minimum absolute atomic E-state index is 0.0990. The van der Waals surface area contributed by atoms with Crippen LogP contribution in [0.15, 0.2) is 6.20 Å². The van der Waals surface area contributed by atoms with Crippen molar-refractivity contribution < 1.29 is 0 Å². The summed E-state index contributed by atoms with van der Waals surface area (Å²) in [5, 5.41) is 4.64. The Kier molecular flexibility index (Phi) is 4.02. The standard InChI is InChI=1S/C15H28N4/c1-11-6-7-19(10-13(11)16)9-12-8-18(5)17-14(12)15(2,3)4/h8,11,13H,6-7,9-10,16H2,1-5H3. The maximum absolute atomic E-state index is 6.19. The molecule has 0 aliphatic carbocycles. The van der Waals surface area contributed by atoms with Crippen LogP contribution in [0, 0.1) is 5.92 Å². The number of nitrogens with zero attached hydrogens (tertiary/aromatic N) is 3. The third kappa shape index (κ3) is 3.37. The normalized spacial score (nSPS) is 25.8. The predicted octanol–water partition coefficient (Wildman–Crippen LogP) is 1.89. The fraction of sp³-hybridized carbons (Fsp3) is 0.800. The molecule has 2 N–H and O–H groups in total. The van der Waals surface area contributed by atoms with E-state index in [1.54, 1.807) is 0 Å². The second kappa shape index (κ2) is 5.25. The molecule has 0 bridgehead atoms.